The first kappa shape index (κ1) is 11.1. The summed E-state index contributed by atoms with van der Waals surface area (Å²) >= 11 is 0. The van der Waals surface area contributed by atoms with Gasteiger partial charge in [0.1, 0.15) is 17.7 Å². The van der Waals surface area contributed by atoms with Crippen LogP contribution in [0.5, 0.6) is 0 Å². The standard InChI is InChI=1S/C13H8F2N2/c14-12-3-1-2-9(11(12)7-16)10-6-8(17)4-5-13(10)15/h1-6H,17H2. The number of anilines is 1. The van der Waals surface area contributed by atoms with E-state index in [1.54, 1.807) is 6.07 Å². The molecule has 0 saturated heterocycles. The van der Waals surface area contributed by atoms with Gasteiger partial charge in [0.05, 0.1) is 5.56 Å². The fraction of sp³-hybridized carbons (Fsp3) is 0. The highest BCUT2D eigenvalue weighted by Gasteiger charge is 2.13. The van der Waals surface area contributed by atoms with Crippen LogP contribution >= 0.6 is 0 Å². The van der Waals surface area contributed by atoms with E-state index in [4.69, 9.17) is 11.0 Å². The summed E-state index contributed by atoms with van der Waals surface area (Å²) in [4.78, 5) is 0. The topological polar surface area (TPSA) is 49.8 Å². The average Bonchev–Trinajstić information content (AvgIpc) is 2.32. The molecule has 0 unspecified atom stereocenters. The van der Waals surface area contributed by atoms with Crippen molar-refractivity contribution < 1.29 is 8.78 Å². The predicted molar refractivity (Wildman–Crippen MR) is 60.9 cm³/mol. The van der Waals surface area contributed by atoms with Crippen LogP contribution < -0.4 is 5.73 Å². The number of nitrogens with two attached hydrogens (primary N) is 1. The third-order valence-corrected chi connectivity index (χ3v) is 2.41. The molecule has 0 aliphatic heterocycles. The lowest BCUT2D eigenvalue weighted by Gasteiger charge is -2.07. The molecule has 0 spiro atoms. The number of hydrogen-bond donors (Lipinski definition) is 1. The van der Waals surface area contributed by atoms with Gasteiger partial charge in [-0.05, 0) is 24.3 Å². The van der Waals surface area contributed by atoms with E-state index in [1.807, 2.05) is 0 Å². The molecule has 4 heteroatoms. The zero-order valence-corrected chi connectivity index (χ0v) is 8.74. The summed E-state index contributed by atoms with van der Waals surface area (Å²) in [5, 5.41) is 8.88. The molecule has 0 aliphatic carbocycles. The van der Waals surface area contributed by atoms with E-state index in [0.29, 0.717) is 5.69 Å². The Bertz CT molecular complexity index is 615. The normalized spacial score (nSPS) is 9.94. The van der Waals surface area contributed by atoms with Crippen LogP contribution in [0.1, 0.15) is 5.56 Å². The third-order valence-electron chi connectivity index (χ3n) is 2.41. The number of nitriles is 1. The Morgan fingerprint density at radius 3 is 2.47 bits per heavy atom. The van der Waals surface area contributed by atoms with Crippen LogP contribution in [-0.2, 0) is 0 Å². The number of benzene rings is 2. The van der Waals surface area contributed by atoms with Gasteiger partial charge in [-0.2, -0.15) is 5.26 Å². The van der Waals surface area contributed by atoms with E-state index in [1.165, 1.54) is 30.3 Å². The summed E-state index contributed by atoms with van der Waals surface area (Å²) < 4.78 is 27.0. The van der Waals surface area contributed by atoms with Gasteiger partial charge in [0.15, 0.2) is 0 Å². The van der Waals surface area contributed by atoms with Gasteiger partial charge in [0.25, 0.3) is 0 Å². The van der Waals surface area contributed by atoms with E-state index in [-0.39, 0.29) is 16.7 Å². The number of halogens is 2. The number of nitrogen functional groups attached to an aromatic ring is 1. The molecule has 0 amide bonds. The fourth-order valence-electron chi connectivity index (χ4n) is 1.61. The monoisotopic (exact) mass is 230 g/mol. The van der Waals surface area contributed by atoms with Crippen molar-refractivity contribution >= 4 is 5.69 Å². The van der Waals surface area contributed by atoms with Gasteiger partial charge in [0.2, 0.25) is 0 Å². The summed E-state index contributed by atoms with van der Waals surface area (Å²) in [5.74, 6) is -1.21. The molecule has 0 aromatic heterocycles. The molecule has 0 saturated carbocycles. The van der Waals surface area contributed by atoms with Gasteiger partial charge in [-0.3, -0.25) is 0 Å². The van der Waals surface area contributed by atoms with Crippen molar-refractivity contribution in [3.05, 3.63) is 53.6 Å². The minimum atomic E-state index is -0.674. The molecular weight excluding hydrogens is 222 g/mol. The highest BCUT2D eigenvalue weighted by atomic mass is 19.1. The lowest BCUT2D eigenvalue weighted by Crippen LogP contribution is -1.94. The van der Waals surface area contributed by atoms with Gasteiger partial charge >= 0.3 is 0 Å². The predicted octanol–water partition coefficient (Wildman–Crippen LogP) is 3.09. The van der Waals surface area contributed by atoms with Crippen molar-refractivity contribution in [1.82, 2.24) is 0 Å². The highest BCUT2D eigenvalue weighted by molar-refractivity contribution is 5.73. The molecule has 0 bridgehead atoms. The second kappa shape index (κ2) is 4.22. The maximum absolute atomic E-state index is 13.6. The molecule has 2 aromatic carbocycles. The van der Waals surface area contributed by atoms with Crippen LogP contribution in [0.25, 0.3) is 11.1 Å². The SMILES string of the molecule is N#Cc1c(F)cccc1-c1cc(N)ccc1F. The second-order valence-corrected chi connectivity index (χ2v) is 3.51. The number of nitrogens with zero attached hydrogens (tertiary/aromatic N) is 1. The molecule has 0 atom stereocenters. The average molecular weight is 230 g/mol. The molecule has 84 valence electrons. The fourth-order valence-corrected chi connectivity index (χ4v) is 1.61. The molecule has 0 heterocycles. The Hall–Kier alpha value is -2.41. The Morgan fingerprint density at radius 2 is 1.76 bits per heavy atom. The van der Waals surface area contributed by atoms with E-state index < -0.39 is 11.6 Å². The third kappa shape index (κ3) is 1.95. The minimum Gasteiger partial charge on any atom is -0.399 e. The largest absolute Gasteiger partial charge is 0.399 e. The lowest BCUT2D eigenvalue weighted by atomic mass is 9.99. The van der Waals surface area contributed by atoms with Crippen molar-refractivity contribution in [2.75, 3.05) is 5.73 Å². The maximum atomic E-state index is 13.6. The van der Waals surface area contributed by atoms with Crippen LogP contribution in [0, 0.1) is 23.0 Å². The molecule has 0 radical (unpaired) electrons. The zero-order valence-electron chi connectivity index (χ0n) is 8.74. The van der Waals surface area contributed by atoms with Crippen molar-refractivity contribution in [2.45, 2.75) is 0 Å². The molecule has 2 nitrogen and oxygen atoms in total. The molecular formula is C13H8F2N2. The minimum absolute atomic E-state index is 0.126. The van der Waals surface area contributed by atoms with Gasteiger partial charge < -0.3 is 5.73 Å². The molecule has 2 rings (SSSR count). The van der Waals surface area contributed by atoms with Gasteiger partial charge in [-0.25, -0.2) is 8.78 Å². The second-order valence-electron chi connectivity index (χ2n) is 3.51. The zero-order chi connectivity index (χ0) is 12.4. The van der Waals surface area contributed by atoms with Crippen LogP contribution in [0.4, 0.5) is 14.5 Å². The Balaban J connectivity index is 2.73. The van der Waals surface area contributed by atoms with E-state index in [2.05, 4.69) is 0 Å². The lowest BCUT2D eigenvalue weighted by molar-refractivity contribution is 0.621. The number of rotatable bonds is 1. The highest BCUT2D eigenvalue weighted by Crippen LogP contribution is 2.29. The summed E-state index contributed by atoms with van der Waals surface area (Å²) in [7, 11) is 0. The molecule has 17 heavy (non-hydrogen) atoms. The molecule has 2 N–H and O–H groups in total. The van der Waals surface area contributed by atoms with E-state index >= 15 is 0 Å². The van der Waals surface area contributed by atoms with Crippen LogP contribution in [0.2, 0.25) is 0 Å². The van der Waals surface area contributed by atoms with Crippen molar-refractivity contribution in [1.29, 1.82) is 5.26 Å². The first-order chi connectivity index (χ1) is 8.13. The van der Waals surface area contributed by atoms with Crippen LogP contribution in [0.15, 0.2) is 36.4 Å². The molecule has 0 aliphatic rings. The smallest absolute Gasteiger partial charge is 0.141 e. The summed E-state index contributed by atoms with van der Waals surface area (Å²) in [5.41, 5.74) is 6.06. The van der Waals surface area contributed by atoms with Crippen molar-refractivity contribution in [3.8, 4) is 17.2 Å². The Morgan fingerprint density at radius 1 is 1.00 bits per heavy atom. The Labute approximate surface area is 96.9 Å². The first-order valence-corrected chi connectivity index (χ1v) is 4.87. The van der Waals surface area contributed by atoms with Gasteiger partial charge in [0, 0.05) is 16.8 Å². The maximum Gasteiger partial charge on any atom is 0.141 e. The van der Waals surface area contributed by atoms with E-state index in [9.17, 15) is 8.78 Å². The summed E-state index contributed by atoms with van der Waals surface area (Å²) in [6, 6.07) is 9.77. The quantitative estimate of drug-likeness (QED) is 0.765. The van der Waals surface area contributed by atoms with Crippen LogP contribution in [0.3, 0.4) is 0 Å². The first-order valence-electron chi connectivity index (χ1n) is 4.87. The summed E-state index contributed by atoms with van der Waals surface area (Å²) in [6.07, 6.45) is 0. The Kier molecular flexibility index (Phi) is 2.75. The van der Waals surface area contributed by atoms with Crippen molar-refractivity contribution in [3.63, 3.8) is 0 Å². The van der Waals surface area contributed by atoms with E-state index in [0.717, 1.165) is 6.07 Å². The van der Waals surface area contributed by atoms with Crippen molar-refractivity contribution in [2.24, 2.45) is 0 Å². The van der Waals surface area contributed by atoms with Gasteiger partial charge in [-0.1, -0.05) is 12.1 Å². The molecule has 2 aromatic rings. The number of hydrogen-bond acceptors (Lipinski definition) is 2. The van der Waals surface area contributed by atoms with Crippen LogP contribution in [-0.4, -0.2) is 0 Å². The van der Waals surface area contributed by atoms with Gasteiger partial charge in [-0.15, -0.1) is 0 Å². The summed E-state index contributed by atoms with van der Waals surface area (Å²) in [6.45, 7) is 0. The molecule has 0 fully saturated rings.